The Hall–Kier alpha value is -1.27. The van der Waals surface area contributed by atoms with Gasteiger partial charge in [0.15, 0.2) is 0 Å². The third-order valence-electron chi connectivity index (χ3n) is 4.95. The first-order chi connectivity index (χ1) is 14.6. The summed E-state index contributed by atoms with van der Waals surface area (Å²) in [6, 6.07) is 0.387. The van der Waals surface area contributed by atoms with Crippen LogP contribution >= 0.6 is 45.8 Å². The van der Waals surface area contributed by atoms with Crippen LogP contribution in [0.25, 0.3) is 10.9 Å². The van der Waals surface area contributed by atoms with Crippen molar-refractivity contribution in [1.82, 2.24) is 14.9 Å². The van der Waals surface area contributed by atoms with Gasteiger partial charge in [-0.2, -0.15) is 18.2 Å². The van der Waals surface area contributed by atoms with Gasteiger partial charge in [-0.25, -0.2) is 9.78 Å². The van der Waals surface area contributed by atoms with Crippen LogP contribution in [0.2, 0.25) is 10.3 Å². The lowest BCUT2D eigenvalue weighted by molar-refractivity contribution is -0.137. The van der Waals surface area contributed by atoms with Gasteiger partial charge < -0.3 is 9.64 Å². The van der Waals surface area contributed by atoms with Crippen LogP contribution < -0.4 is 4.90 Å². The molecule has 1 aliphatic rings. The zero-order chi connectivity index (χ0) is 24.2. The maximum atomic E-state index is 13.6. The number of piperazine rings is 1. The van der Waals surface area contributed by atoms with Gasteiger partial charge in [0, 0.05) is 18.5 Å². The number of hydrogen-bond donors (Lipinski definition) is 0. The van der Waals surface area contributed by atoms with Gasteiger partial charge in [-0.15, -0.1) is 0 Å². The van der Waals surface area contributed by atoms with Crippen molar-refractivity contribution in [3.63, 3.8) is 0 Å². The number of anilines is 1. The van der Waals surface area contributed by atoms with Crippen LogP contribution in [0.1, 0.15) is 40.2 Å². The monoisotopic (exact) mass is 604 g/mol. The van der Waals surface area contributed by atoms with Crippen LogP contribution in [0.3, 0.4) is 0 Å². The lowest BCUT2D eigenvalue weighted by atomic mass is 10.1. The quantitative estimate of drug-likeness (QED) is 0.279. The van der Waals surface area contributed by atoms with E-state index in [4.69, 9.17) is 27.9 Å². The molecule has 32 heavy (non-hydrogen) atoms. The molecule has 3 rings (SSSR count). The normalized spacial score (nSPS) is 20.1. The fraction of sp³-hybridized carbons (Fsp3) is 0.550. The predicted molar refractivity (Wildman–Crippen MR) is 126 cm³/mol. The third kappa shape index (κ3) is 5.11. The van der Waals surface area contributed by atoms with Crippen LogP contribution in [0.4, 0.5) is 23.8 Å². The lowest BCUT2D eigenvalue weighted by Gasteiger charge is -2.45. The lowest BCUT2D eigenvalue weighted by Crippen LogP contribution is -2.59. The second-order valence-corrected chi connectivity index (χ2v) is 10.5. The molecule has 12 heteroatoms. The van der Waals surface area contributed by atoms with Crippen molar-refractivity contribution in [3.05, 3.63) is 25.5 Å². The third-order valence-corrected chi connectivity index (χ3v) is 6.88. The molecule has 0 aliphatic carbocycles. The molecule has 2 unspecified atom stereocenters. The Kier molecular flexibility index (Phi) is 6.99. The minimum atomic E-state index is -4.64. The van der Waals surface area contributed by atoms with E-state index in [0.717, 1.165) is 6.07 Å². The molecule has 1 aromatic heterocycles. The number of amides is 1. The highest BCUT2D eigenvalue weighted by molar-refractivity contribution is 14.1. The number of ether oxygens (including phenoxy) is 1. The standard InChI is InChI=1S/C20H22Cl2F3IN4O2/c1-9-7-29(8-10(2)30(9)18(31)32-19(3,4)5)16-11-6-12(20(23,24)25)13(21)14(26)15(11)27-17(22)28-16/h6,9-10H,7-8H2,1-5H3. The van der Waals surface area contributed by atoms with Crippen molar-refractivity contribution < 1.29 is 22.7 Å². The molecule has 2 atom stereocenters. The molecular weight excluding hydrogens is 583 g/mol. The summed E-state index contributed by atoms with van der Waals surface area (Å²) in [7, 11) is 0. The van der Waals surface area contributed by atoms with Crippen LogP contribution in [-0.2, 0) is 10.9 Å². The van der Waals surface area contributed by atoms with E-state index in [9.17, 15) is 18.0 Å². The molecule has 0 spiro atoms. The van der Waals surface area contributed by atoms with Gasteiger partial charge in [-0.05, 0) is 74.9 Å². The topological polar surface area (TPSA) is 58.6 Å². The number of fused-ring (bicyclic) bond motifs is 1. The molecule has 2 heterocycles. The maximum absolute atomic E-state index is 13.6. The molecule has 0 radical (unpaired) electrons. The van der Waals surface area contributed by atoms with Gasteiger partial charge in [0.25, 0.3) is 0 Å². The van der Waals surface area contributed by atoms with Gasteiger partial charge in [0.2, 0.25) is 5.28 Å². The van der Waals surface area contributed by atoms with Crippen molar-refractivity contribution in [1.29, 1.82) is 0 Å². The van der Waals surface area contributed by atoms with Gasteiger partial charge in [0.05, 0.1) is 31.8 Å². The average Bonchev–Trinajstić information content (AvgIpc) is 2.61. The molecule has 1 fully saturated rings. The molecule has 0 N–H and O–H groups in total. The summed E-state index contributed by atoms with van der Waals surface area (Å²) in [5.41, 5.74) is -1.36. The molecule has 1 amide bonds. The van der Waals surface area contributed by atoms with E-state index in [1.807, 2.05) is 18.7 Å². The number of aromatic nitrogens is 2. The minimum Gasteiger partial charge on any atom is -0.444 e. The van der Waals surface area contributed by atoms with Crippen molar-refractivity contribution in [2.24, 2.45) is 0 Å². The molecule has 2 aromatic rings. The zero-order valence-corrected chi connectivity index (χ0v) is 21.7. The summed E-state index contributed by atoms with van der Waals surface area (Å²) in [6.07, 6.45) is -5.08. The first-order valence-corrected chi connectivity index (χ1v) is 11.6. The second-order valence-electron chi connectivity index (χ2n) is 8.75. The molecular formula is C20H22Cl2F3IN4O2. The minimum absolute atomic E-state index is 0.101. The molecule has 1 saturated heterocycles. The number of halogens is 6. The number of hydrogen-bond acceptors (Lipinski definition) is 5. The van der Waals surface area contributed by atoms with Crippen molar-refractivity contribution >= 4 is 68.6 Å². The van der Waals surface area contributed by atoms with E-state index in [0.29, 0.717) is 13.1 Å². The Morgan fingerprint density at radius 2 is 1.72 bits per heavy atom. The van der Waals surface area contributed by atoms with Crippen molar-refractivity contribution in [3.8, 4) is 0 Å². The SMILES string of the molecule is CC1CN(c2nc(Cl)nc3c(I)c(Cl)c(C(F)(F)F)cc23)CC(C)N1C(=O)OC(C)(C)C. The average molecular weight is 605 g/mol. The molecule has 0 saturated carbocycles. The van der Waals surface area contributed by atoms with E-state index in [1.54, 1.807) is 48.3 Å². The van der Waals surface area contributed by atoms with Crippen LogP contribution in [-0.4, -0.2) is 51.7 Å². The zero-order valence-electron chi connectivity index (χ0n) is 18.0. The van der Waals surface area contributed by atoms with Crippen LogP contribution in [0.5, 0.6) is 0 Å². The Bertz CT molecular complexity index is 1050. The van der Waals surface area contributed by atoms with Crippen LogP contribution in [0, 0.1) is 3.57 Å². The first kappa shape index (κ1) is 25.4. The van der Waals surface area contributed by atoms with E-state index in [1.165, 1.54) is 0 Å². The van der Waals surface area contributed by atoms with E-state index in [-0.39, 0.29) is 37.7 Å². The molecule has 1 aliphatic heterocycles. The fourth-order valence-electron chi connectivity index (χ4n) is 3.78. The largest absolute Gasteiger partial charge is 0.444 e. The molecule has 0 bridgehead atoms. The van der Waals surface area contributed by atoms with E-state index >= 15 is 0 Å². The smallest absolute Gasteiger partial charge is 0.417 e. The Balaban J connectivity index is 2.05. The van der Waals surface area contributed by atoms with E-state index < -0.39 is 28.5 Å². The number of nitrogens with zero attached hydrogens (tertiary/aromatic N) is 4. The molecule has 176 valence electrons. The fourth-order valence-corrected chi connectivity index (χ4v) is 4.90. The van der Waals surface area contributed by atoms with E-state index in [2.05, 4.69) is 9.97 Å². The number of rotatable bonds is 1. The van der Waals surface area contributed by atoms with Gasteiger partial charge in [-0.1, -0.05) is 11.6 Å². The molecule has 1 aromatic carbocycles. The highest BCUT2D eigenvalue weighted by Crippen LogP contribution is 2.42. The number of alkyl halides is 3. The Morgan fingerprint density at radius 1 is 1.16 bits per heavy atom. The second kappa shape index (κ2) is 8.83. The molecule has 6 nitrogen and oxygen atoms in total. The predicted octanol–water partition coefficient (Wildman–Crippen LogP) is 6.39. The van der Waals surface area contributed by atoms with Crippen molar-refractivity contribution in [2.75, 3.05) is 18.0 Å². The summed E-state index contributed by atoms with van der Waals surface area (Å²) in [4.78, 5) is 24.5. The highest BCUT2D eigenvalue weighted by atomic mass is 127. The van der Waals surface area contributed by atoms with Gasteiger partial charge in [-0.3, -0.25) is 4.90 Å². The summed E-state index contributed by atoms with van der Waals surface area (Å²) >= 11 is 13.9. The van der Waals surface area contributed by atoms with Crippen molar-refractivity contribution in [2.45, 2.75) is 58.5 Å². The summed E-state index contributed by atoms with van der Waals surface area (Å²) < 4.78 is 46.4. The summed E-state index contributed by atoms with van der Waals surface area (Å²) in [5, 5.41) is -0.334. The number of carbonyl (C=O) groups is 1. The maximum Gasteiger partial charge on any atom is 0.417 e. The summed E-state index contributed by atoms with van der Waals surface area (Å²) in [6.45, 7) is 9.71. The summed E-state index contributed by atoms with van der Waals surface area (Å²) in [5.74, 6) is 0.266. The van der Waals surface area contributed by atoms with Crippen LogP contribution in [0.15, 0.2) is 6.07 Å². The first-order valence-electron chi connectivity index (χ1n) is 9.79. The van der Waals surface area contributed by atoms with Gasteiger partial charge in [0.1, 0.15) is 11.4 Å². The number of carbonyl (C=O) groups excluding carboxylic acids is 1. The Labute approximate surface area is 207 Å². The highest BCUT2D eigenvalue weighted by Gasteiger charge is 2.38. The Morgan fingerprint density at radius 3 is 2.22 bits per heavy atom. The van der Waals surface area contributed by atoms with Gasteiger partial charge >= 0.3 is 12.3 Å². The number of benzene rings is 1.